The lowest BCUT2D eigenvalue weighted by Crippen LogP contribution is -2.17. The van der Waals surface area contributed by atoms with E-state index in [1.165, 1.54) is 16.3 Å². The number of nitrogens with zero attached hydrogens (tertiary/aromatic N) is 3. The molecule has 0 bridgehead atoms. The van der Waals surface area contributed by atoms with Gasteiger partial charge in [0.15, 0.2) is 0 Å². The molecule has 1 aliphatic rings. The molecule has 0 fully saturated rings. The van der Waals surface area contributed by atoms with Gasteiger partial charge in [-0.3, -0.25) is 4.98 Å². The molecule has 0 atom stereocenters. The molecule has 6 aromatic rings. The first-order valence-electron chi connectivity index (χ1n) is 11.3. The van der Waals surface area contributed by atoms with E-state index in [1.807, 2.05) is 12.3 Å². The third kappa shape index (κ3) is 2.48. The molecule has 3 nitrogen and oxygen atoms in total. The summed E-state index contributed by atoms with van der Waals surface area (Å²) in [6.45, 7) is 4.49. The van der Waals surface area contributed by atoms with E-state index in [1.54, 1.807) is 0 Å². The van der Waals surface area contributed by atoms with Crippen LogP contribution in [-0.4, -0.2) is 15.0 Å². The second-order valence-electron chi connectivity index (χ2n) is 9.32. The fourth-order valence-corrected chi connectivity index (χ4v) is 5.34. The highest BCUT2D eigenvalue weighted by atomic mass is 14.9. The lowest BCUT2D eigenvalue weighted by molar-refractivity contribution is 0.638. The fraction of sp³-hybridized carbons (Fsp3) is 0.100. The Hall–Kier alpha value is -4.11. The van der Waals surface area contributed by atoms with Crippen molar-refractivity contribution in [3.8, 4) is 22.5 Å². The molecule has 1 aliphatic carbocycles. The van der Waals surface area contributed by atoms with E-state index in [2.05, 4.69) is 92.7 Å². The first-order valence-corrected chi connectivity index (χ1v) is 11.3. The fourth-order valence-electron chi connectivity index (χ4n) is 5.34. The summed E-state index contributed by atoms with van der Waals surface area (Å²) >= 11 is 0. The number of pyridine rings is 1. The maximum Gasteiger partial charge on any atom is 0.0979 e. The highest BCUT2D eigenvalue weighted by Crippen LogP contribution is 2.48. The largest absolute Gasteiger partial charge is 0.256 e. The van der Waals surface area contributed by atoms with Crippen molar-refractivity contribution < 1.29 is 0 Å². The topological polar surface area (TPSA) is 38.7 Å². The second kappa shape index (κ2) is 6.46. The standard InChI is InChI=1S/C30H21N3/c1-30(2)24-16-25(18-10-4-3-5-11-18)31-17-23(24)28-29(30)33-27-22-15-9-7-13-20(22)19-12-6-8-14-21(19)26(27)32-28/h3-17H,1-2H3. The van der Waals surface area contributed by atoms with Crippen LogP contribution >= 0.6 is 0 Å². The molecule has 3 heteroatoms. The molecule has 156 valence electrons. The normalized spacial score (nSPS) is 14.0. The van der Waals surface area contributed by atoms with E-state index in [4.69, 9.17) is 15.0 Å². The lowest BCUT2D eigenvalue weighted by Gasteiger charge is -2.21. The minimum Gasteiger partial charge on any atom is -0.256 e. The van der Waals surface area contributed by atoms with Gasteiger partial charge in [-0.1, -0.05) is 92.7 Å². The molecule has 0 radical (unpaired) electrons. The van der Waals surface area contributed by atoms with Crippen molar-refractivity contribution >= 4 is 32.6 Å². The third-order valence-corrected chi connectivity index (χ3v) is 7.04. The Morgan fingerprint density at radius 2 is 1.21 bits per heavy atom. The molecule has 0 amide bonds. The first kappa shape index (κ1) is 18.5. The highest BCUT2D eigenvalue weighted by molar-refractivity contribution is 6.23. The predicted octanol–water partition coefficient (Wildman–Crippen LogP) is 7.30. The van der Waals surface area contributed by atoms with E-state index < -0.39 is 0 Å². The van der Waals surface area contributed by atoms with Crippen LogP contribution < -0.4 is 0 Å². The van der Waals surface area contributed by atoms with E-state index in [-0.39, 0.29) is 5.41 Å². The maximum absolute atomic E-state index is 5.31. The van der Waals surface area contributed by atoms with Crippen molar-refractivity contribution in [3.63, 3.8) is 0 Å². The third-order valence-electron chi connectivity index (χ3n) is 7.04. The Morgan fingerprint density at radius 1 is 0.636 bits per heavy atom. The highest BCUT2D eigenvalue weighted by Gasteiger charge is 2.39. The van der Waals surface area contributed by atoms with Gasteiger partial charge in [0.05, 0.1) is 28.1 Å². The molecule has 0 spiro atoms. The van der Waals surface area contributed by atoms with E-state index >= 15 is 0 Å². The monoisotopic (exact) mass is 423 g/mol. The van der Waals surface area contributed by atoms with E-state index in [9.17, 15) is 0 Å². The molecular weight excluding hydrogens is 402 g/mol. The maximum atomic E-state index is 5.31. The van der Waals surface area contributed by atoms with E-state index in [0.717, 1.165) is 50.0 Å². The van der Waals surface area contributed by atoms with Crippen LogP contribution in [0.15, 0.2) is 91.1 Å². The molecule has 0 saturated heterocycles. The van der Waals surface area contributed by atoms with Crippen LogP contribution in [0.4, 0.5) is 0 Å². The van der Waals surface area contributed by atoms with E-state index in [0.29, 0.717) is 0 Å². The molecule has 2 aromatic heterocycles. The van der Waals surface area contributed by atoms with Crippen LogP contribution in [0.25, 0.3) is 55.1 Å². The first-order chi connectivity index (χ1) is 16.1. The number of hydrogen-bond acceptors (Lipinski definition) is 3. The van der Waals surface area contributed by atoms with Gasteiger partial charge in [0.2, 0.25) is 0 Å². The molecule has 0 N–H and O–H groups in total. The minimum absolute atomic E-state index is 0.259. The summed E-state index contributed by atoms with van der Waals surface area (Å²) in [6, 6.07) is 29.6. The summed E-state index contributed by atoms with van der Waals surface area (Å²) < 4.78 is 0. The zero-order chi connectivity index (χ0) is 22.2. The summed E-state index contributed by atoms with van der Waals surface area (Å²) in [4.78, 5) is 15.4. The number of hydrogen-bond donors (Lipinski definition) is 0. The van der Waals surface area contributed by atoms with Gasteiger partial charge < -0.3 is 0 Å². The molecule has 0 saturated carbocycles. The number of rotatable bonds is 1. The van der Waals surface area contributed by atoms with Crippen LogP contribution in [-0.2, 0) is 5.41 Å². The molecule has 0 unspecified atom stereocenters. The van der Waals surface area contributed by atoms with Crippen LogP contribution in [0, 0.1) is 0 Å². The minimum atomic E-state index is -0.259. The molecule has 7 rings (SSSR count). The van der Waals surface area contributed by atoms with Gasteiger partial charge in [0.1, 0.15) is 0 Å². The molecule has 2 heterocycles. The quantitative estimate of drug-likeness (QED) is 0.260. The van der Waals surface area contributed by atoms with Crippen molar-refractivity contribution in [1.82, 2.24) is 15.0 Å². The van der Waals surface area contributed by atoms with Crippen molar-refractivity contribution in [2.75, 3.05) is 0 Å². The van der Waals surface area contributed by atoms with Gasteiger partial charge in [-0.15, -0.1) is 0 Å². The van der Waals surface area contributed by atoms with Crippen molar-refractivity contribution in [1.29, 1.82) is 0 Å². The van der Waals surface area contributed by atoms with Gasteiger partial charge in [-0.25, -0.2) is 9.97 Å². The van der Waals surface area contributed by atoms with Gasteiger partial charge in [-0.05, 0) is 22.4 Å². The number of aromatic nitrogens is 3. The average molecular weight is 424 g/mol. The summed E-state index contributed by atoms with van der Waals surface area (Å²) in [7, 11) is 0. The molecule has 0 aliphatic heterocycles. The summed E-state index contributed by atoms with van der Waals surface area (Å²) in [5.74, 6) is 0. The Labute approximate surface area is 191 Å². The predicted molar refractivity (Wildman–Crippen MR) is 135 cm³/mol. The summed E-state index contributed by atoms with van der Waals surface area (Å²) in [5.41, 5.74) is 8.07. The van der Waals surface area contributed by atoms with Crippen molar-refractivity contribution in [3.05, 3.63) is 102 Å². The Morgan fingerprint density at radius 3 is 1.88 bits per heavy atom. The zero-order valence-electron chi connectivity index (χ0n) is 18.5. The van der Waals surface area contributed by atoms with Gasteiger partial charge >= 0.3 is 0 Å². The van der Waals surface area contributed by atoms with Gasteiger partial charge in [0.25, 0.3) is 0 Å². The zero-order valence-corrected chi connectivity index (χ0v) is 18.5. The van der Waals surface area contributed by atoms with Crippen molar-refractivity contribution in [2.24, 2.45) is 0 Å². The summed E-state index contributed by atoms with van der Waals surface area (Å²) in [5, 5.41) is 4.72. The Bertz CT molecular complexity index is 1730. The average Bonchev–Trinajstić information content (AvgIpc) is 3.09. The van der Waals surface area contributed by atoms with Crippen LogP contribution in [0.2, 0.25) is 0 Å². The Balaban J connectivity index is 1.57. The lowest BCUT2D eigenvalue weighted by atomic mass is 9.85. The van der Waals surface area contributed by atoms with Gasteiger partial charge in [-0.2, -0.15) is 0 Å². The number of benzene rings is 4. The summed E-state index contributed by atoms with van der Waals surface area (Å²) in [6.07, 6.45) is 1.98. The molecule has 33 heavy (non-hydrogen) atoms. The Kier molecular flexibility index (Phi) is 3.61. The molecular formula is C30H21N3. The van der Waals surface area contributed by atoms with Crippen LogP contribution in [0.5, 0.6) is 0 Å². The SMILES string of the molecule is CC1(C)c2cc(-c3ccccc3)ncc2-c2nc3c4ccccc4c4ccccc4c3nc21. The van der Waals surface area contributed by atoms with Crippen LogP contribution in [0.3, 0.4) is 0 Å². The van der Waals surface area contributed by atoms with Crippen LogP contribution in [0.1, 0.15) is 25.1 Å². The number of fused-ring (bicyclic) bond motifs is 9. The second-order valence-corrected chi connectivity index (χ2v) is 9.32. The smallest absolute Gasteiger partial charge is 0.0979 e. The van der Waals surface area contributed by atoms with Crippen molar-refractivity contribution in [2.45, 2.75) is 19.3 Å². The molecule has 4 aromatic carbocycles. The van der Waals surface area contributed by atoms with Gasteiger partial charge in [0, 0.05) is 33.5 Å².